The van der Waals surface area contributed by atoms with Crippen LogP contribution < -0.4 is 14.8 Å². The van der Waals surface area contributed by atoms with Gasteiger partial charge in [0.15, 0.2) is 11.5 Å². The number of carbonyl (C=O) groups excluding carboxylic acids is 1. The predicted molar refractivity (Wildman–Crippen MR) is 110 cm³/mol. The smallest absolute Gasteiger partial charge is 0.231 e. The molecule has 1 unspecified atom stereocenters. The number of carbonyl (C=O) groups is 1. The molecule has 1 atom stereocenters. The second-order valence-electron chi connectivity index (χ2n) is 8.13. The van der Waals surface area contributed by atoms with Crippen LogP contribution in [0.2, 0.25) is 0 Å². The molecule has 5 heteroatoms. The van der Waals surface area contributed by atoms with Gasteiger partial charge in [-0.1, -0.05) is 45.6 Å². The van der Waals surface area contributed by atoms with Gasteiger partial charge in [-0.05, 0) is 43.4 Å². The largest absolute Gasteiger partial charge is 0.454 e. The Morgan fingerprint density at radius 1 is 1.11 bits per heavy atom. The summed E-state index contributed by atoms with van der Waals surface area (Å²) in [5.74, 6) is 1.92. The van der Waals surface area contributed by atoms with Gasteiger partial charge in [0.1, 0.15) is 0 Å². The summed E-state index contributed by atoms with van der Waals surface area (Å²) in [6.07, 6.45) is 8.54. The van der Waals surface area contributed by atoms with Crippen molar-refractivity contribution in [2.45, 2.75) is 70.6 Å². The third-order valence-electron chi connectivity index (χ3n) is 6.31. The number of hydrogen-bond acceptors (Lipinski definition) is 4. The molecule has 0 aromatic heterocycles. The molecule has 2 aliphatic rings. The predicted octanol–water partition coefficient (Wildman–Crippen LogP) is 4.58. The summed E-state index contributed by atoms with van der Waals surface area (Å²) in [4.78, 5) is 12.9. The maximum absolute atomic E-state index is 12.9. The van der Waals surface area contributed by atoms with E-state index in [1.54, 1.807) is 0 Å². The highest BCUT2D eigenvalue weighted by molar-refractivity contribution is 5.78. The molecule has 0 radical (unpaired) electrons. The van der Waals surface area contributed by atoms with Crippen LogP contribution in [0.15, 0.2) is 18.2 Å². The summed E-state index contributed by atoms with van der Waals surface area (Å²) in [6, 6.07) is 6.19. The Bertz CT molecular complexity index is 639. The molecule has 0 aliphatic carbocycles. The van der Waals surface area contributed by atoms with Crippen molar-refractivity contribution >= 4 is 5.91 Å². The van der Waals surface area contributed by atoms with Crippen molar-refractivity contribution in [2.75, 3.05) is 26.6 Å². The molecule has 156 valence electrons. The molecule has 1 amide bonds. The van der Waals surface area contributed by atoms with Crippen molar-refractivity contribution < 1.29 is 19.0 Å². The summed E-state index contributed by atoms with van der Waals surface area (Å²) in [6.45, 7) is 6.71. The van der Waals surface area contributed by atoms with E-state index < -0.39 is 0 Å². The molecule has 1 N–H and O–H groups in total. The fraction of sp³-hybridized carbons (Fsp3) is 0.696. The van der Waals surface area contributed by atoms with Crippen LogP contribution in [-0.2, 0) is 14.9 Å². The third-order valence-corrected chi connectivity index (χ3v) is 6.31. The number of fused-ring (bicyclic) bond motifs is 1. The number of nitrogens with one attached hydrogen (secondary N) is 1. The number of benzene rings is 1. The minimum Gasteiger partial charge on any atom is -0.454 e. The second-order valence-corrected chi connectivity index (χ2v) is 8.13. The minimum absolute atomic E-state index is 0.102. The van der Waals surface area contributed by atoms with Crippen molar-refractivity contribution in [3.05, 3.63) is 23.8 Å². The standard InChI is InChI=1S/C23H35NO4/c1-3-5-6-7-8-18(4-2)22(25)24-16-23(11-13-26-14-12-23)19-9-10-20-21(15-19)28-17-27-20/h9-10,15,18H,3-8,11-14,16-17H2,1-2H3,(H,24,25). The van der Waals surface area contributed by atoms with Gasteiger partial charge in [0.05, 0.1) is 0 Å². The van der Waals surface area contributed by atoms with Gasteiger partial charge in [0.2, 0.25) is 12.7 Å². The summed E-state index contributed by atoms with van der Waals surface area (Å²) >= 11 is 0. The van der Waals surface area contributed by atoms with Crippen LogP contribution in [0.25, 0.3) is 0 Å². The number of unbranched alkanes of at least 4 members (excludes halogenated alkanes) is 3. The Labute approximate surface area is 169 Å². The molecule has 1 aromatic carbocycles. The van der Waals surface area contributed by atoms with Crippen LogP contribution in [0, 0.1) is 5.92 Å². The van der Waals surface area contributed by atoms with Crippen molar-refractivity contribution in [3.63, 3.8) is 0 Å². The van der Waals surface area contributed by atoms with E-state index in [2.05, 4.69) is 31.3 Å². The van der Waals surface area contributed by atoms with Crippen LogP contribution in [-0.4, -0.2) is 32.5 Å². The Morgan fingerprint density at radius 2 is 1.89 bits per heavy atom. The average Bonchev–Trinajstić information content (AvgIpc) is 3.21. The normalized spacial score (nSPS) is 18.6. The van der Waals surface area contributed by atoms with E-state index in [-0.39, 0.29) is 24.0 Å². The van der Waals surface area contributed by atoms with Gasteiger partial charge >= 0.3 is 0 Å². The third kappa shape index (κ3) is 4.99. The van der Waals surface area contributed by atoms with E-state index in [1.807, 2.05) is 6.07 Å². The number of ether oxygens (including phenoxy) is 3. The fourth-order valence-corrected chi connectivity index (χ4v) is 4.29. The van der Waals surface area contributed by atoms with Crippen molar-refractivity contribution in [2.24, 2.45) is 5.92 Å². The summed E-state index contributed by atoms with van der Waals surface area (Å²) < 4.78 is 16.7. The molecule has 2 heterocycles. The van der Waals surface area contributed by atoms with Gasteiger partial charge in [-0.2, -0.15) is 0 Å². The molecule has 0 spiro atoms. The van der Waals surface area contributed by atoms with E-state index in [1.165, 1.54) is 24.8 Å². The van der Waals surface area contributed by atoms with Gasteiger partial charge < -0.3 is 19.5 Å². The highest BCUT2D eigenvalue weighted by atomic mass is 16.7. The van der Waals surface area contributed by atoms with E-state index in [0.717, 1.165) is 56.8 Å². The SMILES string of the molecule is CCCCCCC(CC)C(=O)NCC1(c2ccc3c(c2)OCO3)CCOCC1. The molecule has 5 nitrogen and oxygen atoms in total. The van der Waals surface area contributed by atoms with Crippen LogP contribution >= 0.6 is 0 Å². The maximum Gasteiger partial charge on any atom is 0.231 e. The molecule has 1 fully saturated rings. The molecular weight excluding hydrogens is 354 g/mol. The first-order valence-corrected chi connectivity index (χ1v) is 10.9. The number of rotatable bonds is 10. The van der Waals surface area contributed by atoms with Gasteiger partial charge in [0.25, 0.3) is 0 Å². The lowest BCUT2D eigenvalue weighted by Crippen LogP contribution is -2.46. The van der Waals surface area contributed by atoms with Crippen molar-refractivity contribution in [3.8, 4) is 11.5 Å². The maximum atomic E-state index is 12.9. The highest BCUT2D eigenvalue weighted by Gasteiger charge is 2.36. The Balaban J connectivity index is 1.64. The Kier molecular flexibility index (Phi) is 7.60. The lowest BCUT2D eigenvalue weighted by Gasteiger charge is -2.38. The first kappa shape index (κ1) is 21.0. The molecule has 2 aliphatic heterocycles. The van der Waals surface area contributed by atoms with Gasteiger partial charge in [-0.25, -0.2) is 0 Å². The van der Waals surface area contributed by atoms with Gasteiger partial charge in [-0.3, -0.25) is 4.79 Å². The quantitative estimate of drug-likeness (QED) is 0.595. The van der Waals surface area contributed by atoms with Crippen LogP contribution in [0.5, 0.6) is 11.5 Å². The molecule has 28 heavy (non-hydrogen) atoms. The highest BCUT2D eigenvalue weighted by Crippen LogP contribution is 2.40. The van der Waals surface area contributed by atoms with Gasteiger partial charge in [-0.15, -0.1) is 0 Å². The Morgan fingerprint density at radius 3 is 2.64 bits per heavy atom. The average molecular weight is 390 g/mol. The monoisotopic (exact) mass is 389 g/mol. The molecule has 0 saturated carbocycles. The van der Waals surface area contributed by atoms with Crippen LogP contribution in [0.3, 0.4) is 0 Å². The van der Waals surface area contributed by atoms with E-state index in [9.17, 15) is 4.79 Å². The van der Waals surface area contributed by atoms with E-state index in [0.29, 0.717) is 6.54 Å². The topological polar surface area (TPSA) is 56.8 Å². The van der Waals surface area contributed by atoms with E-state index in [4.69, 9.17) is 14.2 Å². The lowest BCUT2D eigenvalue weighted by atomic mass is 9.74. The molecule has 1 aromatic rings. The van der Waals surface area contributed by atoms with Gasteiger partial charge in [0, 0.05) is 31.1 Å². The summed E-state index contributed by atoms with van der Waals surface area (Å²) in [5, 5.41) is 3.28. The van der Waals surface area contributed by atoms with Crippen molar-refractivity contribution in [1.29, 1.82) is 0 Å². The van der Waals surface area contributed by atoms with Crippen molar-refractivity contribution in [1.82, 2.24) is 5.32 Å². The summed E-state index contributed by atoms with van der Waals surface area (Å²) in [7, 11) is 0. The second kappa shape index (κ2) is 10.1. The van der Waals surface area contributed by atoms with Crippen LogP contribution in [0.4, 0.5) is 0 Å². The first-order valence-electron chi connectivity index (χ1n) is 10.9. The number of amides is 1. The Hall–Kier alpha value is -1.75. The lowest BCUT2D eigenvalue weighted by molar-refractivity contribution is -0.125. The van der Waals surface area contributed by atoms with E-state index >= 15 is 0 Å². The summed E-state index contributed by atoms with van der Waals surface area (Å²) in [5.41, 5.74) is 1.10. The van der Waals surface area contributed by atoms with Crippen LogP contribution in [0.1, 0.15) is 70.8 Å². The number of hydrogen-bond donors (Lipinski definition) is 1. The zero-order valence-electron chi connectivity index (χ0n) is 17.4. The zero-order chi connectivity index (χ0) is 19.8. The fourth-order valence-electron chi connectivity index (χ4n) is 4.29. The minimum atomic E-state index is -0.102. The molecule has 3 rings (SSSR count). The first-order chi connectivity index (χ1) is 13.7. The zero-order valence-corrected chi connectivity index (χ0v) is 17.4. The molecule has 0 bridgehead atoms. The molecule has 1 saturated heterocycles. The molecular formula is C23H35NO4.